The number of phenols is 1. The summed E-state index contributed by atoms with van der Waals surface area (Å²) in [5, 5.41) is 11.0. The minimum Gasteiger partial charge on any atom is -0.507 e. The maximum absolute atomic E-state index is 12.7. The van der Waals surface area contributed by atoms with Gasteiger partial charge in [-0.05, 0) is 31.5 Å². The molecular formula is C19H20N4O2S. The number of nitrogens with zero attached hydrogens (tertiary/aromatic N) is 4. The topological polar surface area (TPSA) is 69.6 Å². The monoisotopic (exact) mass is 368 g/mol. The molecule has 1 N–H and O–H groups in total. The summed E-state index contributed by atoms with van der Waals surface area (Å²) < 4.78 is 0. The van der Waals surface area contributed by atoms with Crippen LogP contribution in [0.2, 0.25) is 0 Å². The van der Waals surface area contributed by atoms with Gasteiger partial charge in [0.1, 0.15) is 22.7 Å². The highest BCUT2D eigenvalue weighted by atomic mass is 32.1. The molecule has 2 aromatic heterocycles. The van der Waals surface area contributed by atoms with Crippen molar-refractivity contribution in [2.24, 2.45) is 0 Å². The first-order chi connectivity index (χ1) is 12.6. The molecular weight excluding hydrogens is 348 g/mol. The molecule has 6 nitrogen and oxygen atoms in total. The lowest BCUT2D eigenvalue weighted by Gasteiger charge is -2.35. The van der Waals surface area contributed by atoms with Crippen molar-refractivity contribution in [1.82, 2.24) is 14.9 Å². The van der Waals surface area contributed by atoms with Crippen molar-refractivity contribution in [2.45, 2.75) is 13.8 Å². The van der Waals surface area contributed by atoms with Gasteiger partial charge in [0.2, 0.25) is 0 Å². The van der Waals surface area contributed by atoms with Crippen LogP contribution in [0.15, 0.2) is 30.6 Å². The van der Waals surface area contributed by atoms with Gasteiger partial charge < -0.3 is 14.9 Å². The second-order valence-electron chi connectivity index (χ2n) is 6.46. The molecule has 1 fully saturated rings. The highest BCUT2D eigenvalue weighted by Crippen LogP contribution is 2.34. The van der Waals surface area contributed by atoms with E-state index in [2.05, 4.69) is 28.7 Å². The Balaban J connectivity index is 1.54. The molecule has 0 spiro atoms. The van der Waals surface area contributed by atoms with E-state index >= 15 is 0 Å². The van der Waals surface area contributed by atoms with Crippen molar-refractivity contribution in [2.75, 3.05) is 31.1 Å². The van der Waals surface area contributed by atoms with Crippen molar-refractivity contribution < 1.29 is 9.90 Å². The summed E-state index contributed by atoms with van der Waals surface area (Å²) >= 11 is 1.69. The Bertz CT molecular complexity index is 977. The number of anilines is 1. The van der Waals surface area contributed by atoms with Gasteiger partial charge in [0.25, 0.3) is 5.91 Å². The number of aryl methyl sites for hydroxylation is 2. The number of piperazine rings is 1. The van der Waals surface area contributed by atoms with E-state index in [1.165, 1.54) is 10.4 Å². The Morgan fingerprint density at radius 1 is 1.12 bits per heavy atom. The predicted octanol–water partition coefficient (Wildman–Crippen LogP) is 2.98. The third-order valence-electron chi connectivity index (χ3n) is 4.95. The van der Waals surface area contributed by atoms with E-state index in [9.17, 15) is 9.90 Å². The number of aromatic nitrogens is 2. The highest BCUT2D eigenvalue weighted by Gasteiger charge is 2.26. The second-order valence-corrected chi connectivity index (χ2v) is 7.66. The molecule has 1 saturated heterocycles. The zero-order valence-corrected chi connectivity index (χ0v) is 15.6. The zero-order chi connectivity index (χ0) is 18.3. The lowest BCUT2D eigenvalue weighted by Crippen LogP contribution is -2.49. The number of carbonyl (C=O) groups is 1. The summed E-state index contributed by atoms with van der Waals surface area (Å²) in [6.07, 6.45) is 1.62. The van der Waals surface area contributed by atoms with E-state index in [0.717, 1.165) is 16.0 Å². The van der Waals surface area contributed by atoms with Gasteiger partial charge >= 0.3 is 0 Å². The van der Waals surface area contributed by atoms with Crippen LogP contribution in [-0.2, 0) is 0 Å². The molecule has 0 saturated carbocycles. The van der Waals surface area contributed by atoms with Gasteiger partial charge in [-0.2, -0.15) is 0 Å². The number of benzene rings is 1. The van der Waals surface area contributed by atoms with Crippen molar-refractivity contribution in [3.8, 4) is 5.75 Å². The SMILES string of the molecule is Cc1sc2ncnc(N3CCN(C(=O)c4ccccc4O)CC3)c2c1C. The predicted molar refractivity (Wildman–Crippen MR) is 103 cm³/mol. The van der Waals surface area contributed by atoms with Crippen LogP contribution in [0.25, 0.3) is 10.2 Å². The molecule has 1 aromatic carbocycles. The van der Waals surface area contributed by atoms with Gasteiger partial charge in [0.05, 0.1) is 10.9 Å². The van der Waals surface area contributed by atoms with Crippen LogP contribution in [-0.4, -0.2) is 52.1 Å². The van der Waals surface area contributed by atoms with Crippen LogP contribution in [0, 0.1) is 13.8 Å². The van der Waals surface area contributed by atoms with E-state index in [0.29, 0.717) is 31.7 Å². The first kappa shape index (κ1) is 16.8. The van der Waals surface area contributed by atoms with Crippen LogP contribution in [0.1, 0.15) is 20.8 Å². The maximum Gasteiger partial charge on any atom is 0.257 e. The highest BCUT2D eigenvalue weighted by molar-refractivity contribution is 7.18. The zero-order valence-electron chi connectivity index (χ0n) is 14.8. The number of amides is 1. The number of hydrogen-bond acceptors (Lipinski definition) is 6. The molecule has 134 valence electrons. The molecule has 0 atom stereocenters. The maximum atomic E-state index is 12.7. The van der Waals surface area contributed by atoms with E-state index in [1.807, 2.05) is 0 Å². The van der Waals surface area contributed by atoms with Crippen molar-refractivity contribution in [1.29, 1.82) is 0 Å². The van der Waals surface area contributed by atoms with Gasteiger partial charge in [0.15, 0.2) is 0 Å². The number of rotatable bonds is 2. The summed E-state index contributed by atoms with van der Waals surface area (Å²) in [4.78, 5) is 27.9. The van der Waals surface area contributed by atoms with Crippen LogP contribution in [0.5, 0.6) is 5.75 Å². The van der Waals surface area contributed by atoms with Crippen LogP contribution in [0.4, 0.5) is 5.82 Å². The molecule has 1 aliphatic heterocycles. The third-order valence-corrected chi connectivity index (χ3v) is 6.06. The molecule has 1 amide bonds. The molecule has 7 heteroatoms. The largest absolute Gasteiger partial charge is 0.507 e. The van der Waals surface area contributed by atoms with Crippen LogP contribution >= 0.6 is 11.3 Å². The van der Waals surface area contributed by atoms with E-state index in [-0.39, 0.29) is 11.7 Å². The quantitative estimate of drug-likeness (QED) is 0.753. The van der Waals surface area contributed by atoms with E-state index in [4.69, 9.17) is 0 Å². The lowest BCUT2D eigenvalue weighted by molar-refractivity contribution is 0.0743. The average molecular weight is 368 g/mol. The van der Waals surface area contributed by atoms with Crippen LogP contribution in [0.3, 0.4) is 0 Å². The molecule has 0 aliphatic carbocycles. The minimum absolute atomic E-state index is 0.0295. The Hall–Kier alpha value is -2.67. The fourth-order valence-corrected chi connectivity index (χ4v) is 4.34. The fraction of sp³-hybridized carbons (Fsp3) is 0.316. The summed E-state index contributed by atoms with van der Waals surface area (Å²) in [6.45, 7) is 6.83. The molecule has 0 bridgehead atoms. The average Bonchev–Trinajstić information content (AvgIpc) is 2.96. The molecule has 4 rings (SSSR count). The smallest absolute Gasteiger partial charge is 0.257 e. The Morgan fingerprint density at radius 3 is 2.58 bits per heavy atom. The molecule has 3 aromatic rings. The number of thiophene rings is 1. The number of fused-ring (bicyclic) bond motifs is 1. The molecule has 0 unspecified atom stereocenters. The van der Waals surface area contributed by atoms with Gasteiger partial charge in [-0.1, -0.05) is 12.1 Å². The second kappa shape index (κ2) is 6.57. The number of carbonyl (C=O) groups excluding carboxylic acids is 1. The van der Waals surface area contributed by atoms with E-state index < -0.39 is 0 Å². The first-order valence-corrected chi connectivity index (χ1v) is 9.41. The number of aromatic hydroxyl groups is 1. The summed E-state index contributed by atoms with van der Waals surface area (Å²) in [5.41, 5.74) is 1.59. The fourth-order valence-electron chi connectivity index (χ4n) is 3.35. The molecule has 3 heterocycles. The molecule has 0 radical (unpaired) electrons. The van der Waals surface area contributed by atoms with Gasteiger partial charge in [-0.15, -0.1) is 11.3 Å². The van der Waals surface area contributed by atoms with Crippen molar-refractivity contribution in [3.05, 3.63) is 46.6 Å². The minimum atomic E-state index is -0.127. The Morgan fingerprint density at radius 2 is 1.85 bits per heavy atom. The standard InChI is InChI=1S/C19H20N4O2S/c1-12-13(2)26-18-16(12)17(20-11-21-18)22-7-9-23(10-8-22)19(25)14-5-3-4-6-15(14)24/h3-6,11,24H,7-10H2,1-2H3. The third kappa shape index (κ3) is 2.78. The van der Waals surface area contributed by atoms with Crippen LogP contribution < -0.4 is 4.90 Å². The Labute approximate surface area is 155 Å². The van der Waals surface area contributed by atoms with E-state index in [1.54, 1.807) is 46.8 Å². The van der Waals surface area contributed by atoms with Crippen molar-refractivity contribution in [3.63, 3.8) is 0 Å². The van der Waals surface area contributed by atoms with Gasteiger partial charge in [-0.3, -0.25) is 4.79 Å². The number of para-hydroxylation sites is 1. The number of hydrogen-bond donors (Lipinski definition) is 1. The molecule has 26 heavy (non-hydrogen) atoms. The summed E-state index contributed by atoms with van der Waals surface area (Å²) in [5.74, 6) is 0.853. The van der Waals surface area contributed by atoms with Gasteiger partial charge in [0, 0.05) is 31.1 Å². The first-order valence-electron chi connectivity index (χ1n) is 8.59. The van der Waals surface area contributed by atoms with Crippen molar-refractivity contribution >= 4 is 33.3 Å². The number of phenolic OH excluding ortho intramolecular Hbond substituents is 1. The normalized spacial score (nSPS) is 14.8. The summed E-state index contributed by atoms with van der Waals surface area (Å²) in [7, 11) is 0. The lowest BCUT2D eigenvalue weighted by atomic mass is 10.1. The van der Waals surface area contributed by atoms with Gasteiger partial charge in [-0.25, -0.2) is 9.97 Å². The summed E-state index contributed by atoms with van der Waals surface area (Å²) in [6, 6.07) is 6.69. The molecule has 1 aliphatic rings. The Kier molecular flexibility index (Phi) is 4.24.